The molecule has 0 fully saturated rings. The Hall–Kier alpha value is -2.71. The fourth-order valence-electron chi connectivity index (χ4n) is 2.35. The van der Waals surface area contributed by atoms with E-state index in [-0.39, 0.29) is 10.7 Å². The number of pyridine rings is 1. The average Bonchev–Trinajstić information content (AvgIpc) is 2.69. The summed E-state index contributed by atoms with van der Waals surface area (Å²) in [7, 11) is 0. The van der Waals surface area contributed by atoms with Gasteiger partial charge in [-0.25, -0.2) is 4.98 Å². The molecule has 0 saturated carbocycles. The number of aromatic nitrogens is 1. The van der Waals surface area contributed by atoms with E-state index in [4.69, 9.17) is 11.6 Å². The van der Waals surface area contributed by atoms with Crippen molar-refractivity contribution in [3.63, 3.8) is 0 Å². The van der Waals surface area contributed by atoms with E-state index in [1.54, 1.807) is 48.5 Å². The smallest absolute Gasteiger partial charge is 0.261 e. The van der Waals surface area contributed by atoms with Crippen molar-refractivity contribution in [3.05, 3.63) is 92.8 Å². The van der Waals surface area contributed by atoms with Gasteiger partial charge < -0.3 is 10.6 Å². The molecule has 140 valence electrons. The standard InChI is InChI=1S/C21H15ClIN3O2/c22-19-14(5-4-12-24-19)13-18(20(27)25-16-6-2-1-3-7-16)21(28)26-17-10-8-15(23)9-11-17/h1-13H,(H,25,27)(H,26,28). The Morgan fingerprint density at radius 1 is 0.857 bits per heavy atom. The summed E-state index contributed by atoms with van der Waals surface area (Å²) in [4.78, 5) is 29.6. The molecule has 1 heterocycles. The molecule has 0 bridgehead atoms. The first kappa shape index (κ1) is 20.0. The molecular formula is C21H15ClIN3O2. The molecule has 0 radical (unpaired) electrons. The molecule has 28 heavy (non-hydrogen) atoms. The van der Waals surface area contributed by atoms with Gasteiger partial charge in [-0.1, -0.05) is 35.9 Å². The summed E-state index contributed by atoms with van der Waals surface area (Å²) in [6.45, 7) is 0. The van der Waals surface area contributed by atoms with Crippen LogP contribution in [-0.2, 0) is 9.59 Å². The Balaban J connectivity index is 1.91. The molecule has 5 nitrogen and oxygen atoms in total. The Morgan fingerprint density at radius 2 is 1.46 bits per heavy atom. The Kier molecular flexibility index (Phi) is 6.78. The maximum atomic E-state index is 12.8. The van der Waals surface area contributed by atoms with Crippen LogP contribution in [0.4, 0.5) is 11.4 Å². The van der Waals surface area contributed by atoms with E-state index in [0.29, 0.717) is 16.9 Å². The number of halogens is 2. The van der Waals surface area contributed by atoms with Crippen molar-refractivity contribution in [3.8, 4) is 0 Å². The molecule has 0 aliphatic heterocycles. The van der Waals surface area contributed by atoms with Crippen LogP contribution in [0.15, 0.2) is 78.5 Å². The normalized spacial score (nSPS) is 11.0. The van der Waals surface area contributed by atoms with Gasteiger partial charge in [-0.05, 0) is 71.1 Å². The van der Waals surface area contributed by atoms with Crippen LogP contribution in [-0.4, -0.2) is 16.8 Å². The molecule has 3 aromatic rings. The van der Waals surface area contributed by atoms with Gasteiger partial charge in [0, 0.05) is 26.7 Å². The van der Waals surface area contributed by atoms with Crippen molar-refractivity contribution in [2.75, 3.05) is 10.6 Å². The van der Waals surface area contributed by atoms with Crippen LogP contribution in [0, 0.1) is 3.57 Å². The van der Waals surface area contributed by atoms with Crippen LogP contribution in [0.3, 0.4) is 0 Å². The van der Waals surface area contributed by atoms with Gasteiger partial charge in [0.15, 0.2) is 0 Å². The van der Waals surface area contributed by atoms with E-state index in [0.717, 1.165) is 3.57 Å². The predicted molar refractivity (Wildman–Crippen MR) is 120 cm³/mol. The van der Waals surface area contributed by atoms with Crippen LogP contribution < -0.4 is 10.6 Å². The lowest BCUT2D eigenvalue weighted by Crippen LogP contribution is -2.25. The van der Waals surface area contributed by atoms with Gasteiger partial charge in [-0.3, -0.25) is 9.59 Å². The first-order chi connectivity index (χ1) is 13.5. The number of amides is 2. The molecule has 0 aliphatic carbocycles. The molecule has 7 heteroatoms. The number of anilines is 2. The van der Waals surface area contributed by atoms with Gasteiger partial charge >= 0.3 is 0 Å². The summed E-state index contributed by atoms with van der Waals surface area (Å²) in [5.74, 6) is -1.09. The van der Waals surface area contributed by atoms with Crippen LogP contribution in [0.5, 0.6) is 0 Å². The van der Waals surface area contributed by atoms with Crippen molar-refractivity contribution in [1.29, 1.82) is 0 Å². The quantitative estimate of drug-likeness (QED) is 0.169. The second-order valence-corrected chi connectivity index (χ2v) is 7.33. The van der Waals surface area contributed by atoms with E-state index in [1.165, 1.54) is 12.3 Å². The molecule has 0 atom stereocenters. The molecule has 0 unspecified atom stereocenters. The predicted octanol–water partition coefficient (Wildman–Crippen LogP) is 5.00. The lowest BCUT2D eigenvalue weighted by atomic mass is 10.1. The zero-order valence-corrected chi connectivity index (χ0v) is 17.4. The lowest BCUT2D eigenvalue weighted by molar-refractivity contribution is -0.118. The molecule has 2 aromatic carbocycles. The first-order valence-electron chi connectivity index (χ1n) is 8.28. The summed E-state index contributed by atoms with van der Waals surface area (Å²) in [5, 5.41) is 5.67. The number of benzene rings is 2. The summed E-state index contributed by atoms with van der Waals surface area (Å²) in [5.41, 5.74) is 1.55. The minimum Gasteiger partial charge on any atom is -0.322 e. The highest BCUT2D eigenvalue weighted by molar-refractivity contribution is 14.1. The van der Waals surface area contributed by atoms with Gasteiger partial charge in [0.2, 0.25) is 0 Å². The van der Waals surface area contributed by atoms with Crippen LogP contribution in [0.2, 0.25) is 5.15 Å². The molecule has 2 amide bonds. The number of hydrogen-bond acceptors (Lipinski definition) is 3. The average molecular weight is 504 g/mol. The molecule has 1 aromatic heterocycles. The van der Waals surface area contributed by atoms with E-state index in [9.17, 15) is 9.59 Å². The number of carbonyl (C=O) groups excluding carboxylic acids is 2. The number of rotatable bonds is 5. The zero-order valence-electron chi connectivity index (χ0n) is 14.5. The maximum absolute atomic E-state index is 12.8. The van der Waals surface area contributed by atoms with Crippen molar-refractivity contribution >= 4 is 63.5 Å². The van der Waals surface area contributed by atoms with Gasteiger partial charge in [0.25, 0.3) is 11.8 Å². The highest BCUT2D eigenvalue weighted by Crippen LogP contribution is 2.19. The summed E-state index contributed by atoms with van der Waals surface area (Å²) < 4.78 is 1.04. The number of nitrogens with zero attached hydrogens (tertiary/aromatic N) is 1. The van der Waals surface area contributed by atoms with Crippen LogP contribution in [0.25, 0.3) is 6.08 Å². The van der Waals surface area contributed by atoms with Crippen molar-refractivity contribution in [1.82, 2.24) is 4.98 Å². The monoisotopic (exact) mass is 503 g/mol. The van der Waals surface area contributed by atoms with E-state index >= 15 is 0 Å². The molecule has 0 saturated heterocycles. The molecule has 0 aliphatic rings. The molecular weight excluding hydrogens is 489 g/mol. The molecule has 2 N–H and O–H groups in total. The summed E-state index contributed by atoms with van der Waals surface area (Å²) in [6, 6.07) is 19.5. The van der Waals surface area contributed by atoms with Gasteiger partial charge in [0.1, 0.15) is 10.7 Å². The van der Waals surface area contributed by atoms with Gasteiger partial charge in [-0.15, -0.1) is 0 Å². The summed E-state index contributed by atoms with van der Waals surface area (Å²) >= 11 is 8.27. The number of nitrogens with one attached hydrogen (secondary N) is 2. The fraction of sp³-hybridized carbons (Fsp3) is 0. The largest absolute Gasteiger partial charge is 0.322 e. The van der Waals surface area contributed by atoms with E-state index < -0.39 is 11.8 Å². The minimum absolute atomic E-state index is 0.0858. The Morgan fingerprint density at radius 3 is 2.07 bits per heavy atom. The highest BCUT2D eigenvalue weighted by atomic mass is 127. The SMILES string of the molecule is O=C(Nc1ccccc1)C(=Cc1cccnc1Cl)C(=O)Nc1ccc(I)cc1. The zero-order chi connectivity index (χ0) is 19.9. The second kappa shape index (κ2) is 9.48. The lowest BCUT2D eigenvalue weighted by Gasteiger charge is -2.11. The van der Waals surface area contributed by atoms with Gasteiger partial charge in [-0.2, -0.15) is 0 Å². The highest BCUT2D eigenvalue weighted by Gasteiger charge is 2.19. The maximum Gasteiger partial charge on any atom is 0.261 e. The third kappa shape index (κ3) is 5.40. The second-order valence-electron chi connectivity index (χ2n) is 5.72. The number of carbonyl (C=O) groups is 2. The fourth-order valence-corrected chi connectivity index (χ4v) is 2.88. The third-order valence-corrected chi connectivity index (χ3v) is 4.75. The minimum atomic E-state index is -0.547. The topological polar surface area (TPSA) is 71.1 Å². The Labute approximate surface area is 181 Å². The van der Waals surface area contributed by atoms with Crippen LogP contribution >= 0.6 is 34.2 Å². The Bertz CT molecular complexity index is 1020. The number of hydrogen-bond donors (Lipinski definition) is 2. The van der Waals surface area contributed by atoms with E-state index in [1.807, 2.05) is 18.2 Å². The van der Waals surface area contributed by atoms with Crippen molar-refractivity contribution in [2.24, 2.45) is 0 Å². The first-order valence-corrected chi connectivity index (χ1v) is 9.74. The molecule has 3 rings (SSSR count). The van der Waals surface area contributed by atoms with Crippen molar-refractivity contribution < 1.29 is 9.59 Å². The van der Waals surface area contributed by atoms with Crippen LogP contribution in [0.1, 0.15) is 5.56 Å². The summed E-state index contributed by atoms with van der Waals surface area (Å²) in [6.07, 6.45) is 2.96. The third-order valence-electron chi connectivity index (χ3n) is 3.71. The number of para-hydroxylation sites is 1. The molecule has 0 spiro atoms. The van der Waals surface area contributed by atoms with E-state index in [2.05, 4.69) is 38.2 Å². The van der Waals surface area contributed by atoms with Crippen molar-refractivity contribution in [2.45, 2.75) is 0 Å². The van der Waals surface area contributed by atoms with Gasteiger partial charge in [0.05, 0.1) is 0 Å².